The quantitative estimate of drug-likeness (QED) is 0.516. The van der Waals surface area contributed by atoms with Gasteiger partial charge >= 0.3 is 0 Å². The minimum atomic E-state index is 1.09. The van der Waals surface area contributed by atoms with Crippen LogP contribution in [0.4, 0.5) is 0 Å². The third kappa shape index (κ3) is 1.08. The lowest BCUT2D eigenvalue weighted by atomic mass is 10.2. The molecule has 0 atom stereocenters. The van der Waals surface area contributed by atoms with Crippen molar-refractivity contribution in [2.75, 3.05) is 40.4 Å². The van der Waals surface area contributed by atoms with E-state index < -0.39 is 0 Å². The number of rotatable bonds is 0. The fourth-order valence-corrected chi connectivity index (χ4v) is 1.94. The monoisotopic (exact) mass is 167 g/mol. The van der Waals surface area contributed by atoms with Gasteiger partial charge in [-0.2, -0.15) is 0 Å². The molecule has 0 radical (unpaired) electrons. The van der Waals surface area contributed by atoms with E-state index in [1.807, 2.05) is 0 Å². The Morgan fingerprint density at radius 1 is 1.17 bits per heavy atom. The molecular formula is C9H17N3. The molecule has 0 amide bonds. The van der Waals surface area contributed by atoms with E-state index in [1.54, 1.807) is 0 Å². The van der Waals surface area contributed by atoms with E-state index in [0.717, 1.165) is 13.2 Å². The summed E-state index contributed by atoms with van der Waals surface area (Å²) in [4.78, 5) is 7.19. The number of hydrogen-bond donors (Lipinski definition) is 0. The second kappa shape index (κ2) is 2.66. The molecule has 0 saturated carbocycles. The summed E-state index contributed by atoms with van der Waals surface area (Å²) in [5.41, 5.74) is 2.97. The highest BCUT2D eigenvalue weighted by Gasteiger charge is 2.27. The Kier molecular flexibility index (Phi) is 1.76. The molecule has 0 bridgehead atoms. The first-order chi connectivity index (χ1) is 5.68. The van der Waals surface area contributed by atoms with Gasteiger partial charge < -0.3 is 9.80 Å². The van der Waals surface area contributed by atoms with E-state index >= 15 is 0 Å². The van der Waals surface area contributed by atoms with Gasteiger partial charge in [-0.05, 0) is 14.0 Å². The van der Waals surface area contributed by atoms with Crippen LogP contribution in [0.5, 0.6) is 0 Å². The zero-order valence-corrected chi connectivity index (χ0v) is 8.17. The first kappa shape index (κ1) is 7.92. The number of nitrogens with zero attached hydrogens (tertiary/aromatic N) is 3. The summed E-state index contributed by atoms with van der Waals surface area (Å²) in [7, 11) is 4.36. The highest BCUT2D eigenvalue weighted by molar-refractivity contribution is 5.18. The van der Waals surface area contributed by atoms with E-state index in [-0.39, 0.29) is 0 Å². The fourth-order valence-electron chi connectivity index (χ4n) is 1.94. The molecule has 0 aromatic rings. The molecule has 68 valence electrons. The molecule has 2 rings (SSSR count). The van der Waals surface area contributed by atoms with Gasteiger partial charge in [-0.15, -0.1) is 0 Å². The summed E-state index contributed by atoms with van der Waals surface area (Å²) in [5, 5.41) is 0. The fraction of sp³-hybridized carbons (Fsp3) is 0.778. The zero-order valence-electron chi connectivity index (χ0n) is 8.17. The summed E-state index contributed by atoms with van der Waals surface area (Å²) in [6, 6.07) is 0. The van der Waals surface area contributed by atoms with Crippen LogP contribution in [-0.2, 0) is 0 Å². The molecule has 3 nitrogen and oxygen atoms in total. The maximum absolute atomic E-state index is 2.48. The number of allylic oxidation sites excluding steroid dienone is 1. The van der Waals surface area contributed by atoms with Crippen LogP contribution in [0.15, 0.2) is 11.4 Å². The molecule has 3 heteroatoms. The summed E-state index contributed by atoms with van der Waals surface area (Å²) in [6.45, 7) is 6.82. The molecule has 2 aliphatic rings. The normalized spacial score (nSPS) is 25.2. The van der Waals surface area contributed by atoms with Crippen molar-refractivity contribution in [2.24, 2.45) is 0 Å². The Balaban J connectivity index is 2.20. The largest absolute Gasteiger partial charge is 0.359 e. The molecule has 12 heavy (non-hydrogen) atoms. The molecule has 0 N–H and O–H groups in total. The van der Waals surface area contributed by atoms with Crippen LogP contribution in [0.3, 0.4) is 0 Å². The third-order valence-electron chi connectivity index (χ3n) is 2.93. The van der Waals surface area contributed by atoms with Gasteiger partial charge in [-0.3, -0.25) is 4.90 Å². The van der Waals surface area contributed by atoms with E-state index in [2.05, 4.69) is 35.7 Å². The molecule has 0 unspecified atom stereocenters. The van der Waals surface area contributed by atoms with Gasteiger partial charge in [0.15, 0.2) is 0 Å². The minimum absolute atomic E-state index is 1.09. The number of hydrogen-bond acceptors (Lipinski definition) is 3. The minimum Gasteiger partial charge on any atom is -0.359 e. The van der Waals surface area contributed by atoms with E-state index in [1.165, 1.54) is 24.5 Å². The van der Waals surface area contributed by atoms with Crippen molar-refractivity contribution in [3.05, 3.63) is 11.4 Å². The summed E-state index contributed by atoms with van der Waals surface area (Å²) in [6.07, 6.45) is 0. The number of likely N-dealkylation sites (N-methyl/N-ethyl adjacent to an activating group) is 1. The van der Waals surface area contributed by atoms with Crippen molar-refractivity contribution >= 4 is 0 Å². The van der Waals surface area contributed by atoms with Crippen LogP contribution in [-0.4, -0.2) is 55.1 Å². The second-order valence-electron chi connectivity index (χ2n) is 3.87. The van der Waals surface area contributed by atoms with E-state index in [0.29, 0.717) is 0 Å². The van der Waals surface area contributed by atoms with Gasteiger partial charge in [0.05, 0.1) is 6.67 Å². The summed E-state index contributed by atoms with van der Waals surface area (Å²) < 4.78 is 0. The lowest BCUT2D eigenvalue weighted by Crippen LogP contribution is -2.41. The molecule has 2 heterocycles. The summed E-state index contributed by atoms with van der Waals surface area (Å²) in [5.74, 6) is 0. The highest BCUT2D eigenvalue weighted by Crippen LogP contribution is 2.24. The molecule has 0 spiro atoms. The molecule has 0 aromatic carbocycles. The van der Waals surface area contributed by atoms with Crippen LogP contribution < -0.4 is 0 Å². The second-order valence-corrected chi connectivity index (χ2v) is 3.87. The first-order valence-corrected chi connectivity index (χ1v) is 4.53. The summed E-state index contributed by atoms with van der Waals surface area (Å²) >= 11 is 0. The Labute approximate surface area is 74.2 Å². The maximum Gasteiger partial charge on any atom is 0.0896 e. The Bertz CT molecular complexity index is 222. The zero-order chi connectivity index (χ0) is 8.72. The average Bonchev–Trinajstić information content (AvgIpc) is 2.31. The van der Waals surface area contributed by atoms with Crippen molar-refractivity contribution in [3.8, 4) is 0 Å². The van der Waals surface area contributed by atoms with E-state index in [4.69, 9.17) is 0 Å². The van der Waals surface area contributed by atoms with Crippen molar-refractivity contribution in [2.45, 2.75) is 6.92 Å². The van der Waals surface area contributed by atoms with Crippen molar-refractivity contribution in [1.29, 1.82) is 0 Å². The Hall–Kier alpha value is -0.700. The van der Waals surface area contributed by atoms with Crippen LogP contribution in [0.1, 0.15) is 6.92 Å². The highest BCUT2D eigenvalue weighted by atomic mass is 15.4. The predicted octanol–water partition coefficient (Wildman–Crippen LogP) is 0.368. The lowest BCUT2D eigenvalue weighted by Gasteiger charge is -2.32. The smallest absolute Gasteiger partial charge is 0.0896 e. The first-order valence-electron chi connectivity index (χ1n) is 4.53. The van der Waals surface area contributed by atoms with E-state index in [9.17, 15) is 0 Å². The Morgan fingerprint density at radius 2 is 1.92 bits per heavy atom. The lowest BCUT2D eigenvalue weighted by molar-refractivity contribution is 0.191. The van der Waals surface area contributed by atoms with Crippen molar-refractivity contribution in [1.82, 2.24) is 14.7 Å². The molecular weight excluding hydrogens is 150 g/mol. The van der Waals surface area contributed by atoms with Gasteiger partial charge in [-0.25, -0.2) is 0 Å². The molecule has 0 aliphatic carbocycles. The van der Waals surface area contributed by atoms with Gasteiger partial charge in [0.25, 0.3) is 0 Å². The number of fused-ring (bicyclic) bond motifs is 1. The van der Waals surface area contributed by atoms with Gasteiger partial charge in [0.2, 0.25) is 0 Å². The SMILES string of the molecule is CC1=C2CN(C)CCN2CN1C. The molecule has 0 aromatic heterocycles. The molecule has 2 aliphatic heterocycles. The molecule has 1 fully saturated rings. The van der Waals surface area contributed by atoms with Gasteiger partial charge in [0.1, 0.15) is 0 Å². The number of piperazine rings is 1. The van der Waals surface area contributed by atoms with Crippen LogP contribution in [0.2, 0.25) is 0 Å². The van der Waals surface area contributed by atoms with Crippen molar-refractivity contribution in [3.63, 3.8) is 0 Å². The maximum atomic E-state index is 2.48. The predicted molar refractivity (Wildman–Crippen MR) is 49.5 cm³/mol. The van der Waals surface area contributed by atoms with Crippen LogP contribution >= 0.6 is 0 Å². The molecule has 1 saturated heterocycles. The standard InChI is InChI=1S/C9H17N3/c1-8-9-6-10(2)4-5-12(9)7-11(8)3/h4-7H2,1-3H3. The topological polar surface area (TPSA) is 9.72 Å². The van der Waals surface area contributed by atoms with Crippen LogP contribution in [0.25, 0.3) is 0 Å². The van der Waals surface area contributed by atoms with Gasteiger partial charge in [-0.1, -0.05) is 0 Å². The Morgan fingerprint density at radius 3 is 2.67 bits per heavy atom. The van der Waals surface area contributed by atoms with Crippen molar-refractivity contribution < 1.29 is 0 Å². The average molecular weight is 167 g/mol. The van der Waals surface area contributed by atoms with Gasteiger partial charge in [0, 0.05) is 38.1 Å². The van der Waals surface area contributed by atoms with Crippen LogP contribution in [0, 0.1) is 0 Å². The third-order valence-corrected chi connectivity index (χ3v) is 2.93.